The molecule has 1 aromatic carbocycles. The number of halogens is 2. The Morgan fingerprint density at radius 1 is 1.26 bits per heavy atom. The lowest BCUT2D eigenvalue weighted by atomic mass is 10.1. The highest BCUT2D eigenvalue weighted by atomic mass is 127. The number of hydrogen-bond acceptors (Lipinski definition) is 3. The summed E-state index contributed by atoms with van der Waals surface area (Å²) in [6.45, 7) is 8.60. The minimum Gasteiger partial charge on any atom is -0.357 e. The standard InChI is InChI=1S/C15H24FN3O2S.HI/c1-5-17-14(19-15(2,3)4)18-10-11-22(20,21)13-9-7-6-8-12(13)16;/h6-9H,5,10-11H2,1-4H3,(H2,17,18,19);1H. The first-order valence-corrected chi connectivity index (χ1v) is 8.85. The highest BCUT2D eigenvalue weighted by Gasteiger charge is 2.18. The summed E-state index contributed by atoms with van der Waals surface area (Å²) in [7, 11) is -3.68. The average Bonchev–Trinajstić information content (AvgIpc) is 2.37. The maximum absolute atomic E-state index is 13.6. The molecule has 1 aromatic rings. The van der Waals surface area contributed by atoms with E-state index in [4.69, 9.17) is 0 Å². The van der Waals surface area contributed by atoms with Gasteiger partial charge >= 0.3 is 0 Å². The number of nitrogens with zero attached hydrogens (tertiary/aromatic N) is 1. The van der Waals surface area contributed by atoms with Crippen molar-refractivity contribution in [2.45, 2.75) is 38.1 Å². The van der Waals surface area contributed by atoms with Crippen LogP contribution in [0.1, 0.15) is 27.7 Å². The van der Waals surface area contributed by atoms with Crippen molar-refractivity contribution in [2.75, 3.05) is 18.8 Å². The lowest BCUT2D eigenvalue weighted by Gasteiger charge is -2.23. The molecule has 5 nitrogen and oxygen atoms in total. The van der Waals surface area contributed by atoms with Crippen molar-refractivity contribution in [2.24, 2.45) is 4.99 Å². The first-order chi connectivity index (χ1) is 10.2. The smallest absolute Gasteiger partial charge is 0.191 e. The van der Waals surface area contributed by atoms with Crippen molar-refractivity contribution in [3.63, 3.8) is 0 Å². The van der Waals surface area contributed by atoms with Gasteiger partial charge in [0.25, 0.3) is 0 Å². The molecule has 8 heteroatoms. The van der Waals surface area contributed by atoms with Crippen molar-refractivity contribution in [1.82, 2.24) is 10.6 Å². The van der Waals surface area contributed by atoms with Crippen molar-refractivity contribution < 1.29 is 12.8 Å². The van der Waals surface area contributed by atoms with E-state index < -0.39 is 15.7 Å². The molecule has 0 spiro atoms. The van der Waals surface area contributed by atoms with E-state index in [1.165, 1.54) is 18.2 Å². The van der Waals surface area contributed by atoms with E-state index in [1.54, 1.807) is 0 Å². The Kier molecular flexibility index (Phi) is 9.04. The summed E-state index contributed by atoms with van der Waals surface area (Å²) in [6, 6.07) is 5.38. The molecular weight excluding hydrogens is 432 g/mol. The van der Waals surface area contributed by atoms with Crippen LogP contribution >= 0.6 is 24.0 Å². The molecule has 0 fully saturated rings. The summed E-state index contributed by atoms with van der Waals surface area (Å²) in [6.07, 6.45) is 0. The van der Waals surface area contributed by atoms with Crippen LogP contribution in [0.25, 0.3) is 0 Å². The van der Waals surface area contributed by atoms with Gasteiger partial charge in [-0.1, -0.05) is 12.1 Å². The van der Waals surface area contributed by atoms with E-state index in [2.05, 4.69) is 15.6 Å². The summed E-state index contributed by atoms with van der Waals surface area (Å²) < 4.78 is 37.8. The monoisotopic (exact) mass is 457 g/mol. The molecule has 2 N–H and O–H groups in total. The molecule has 0 bridgehead atoms. The normalized spacial score (nSPS) is 12.5. The lowest BCUT2D eigenvalue weighted by molar-refractivity contribution is 0.502. The minimum atomic E-state index is -3.68. The first kappa shape index (κ1) is 22.1. The zero-order chi connectivity index (χ0) is 16.8. The number of sulfone groups is 1. The Balaban J connectivity index is 0.00000484. The van der Waals surface area contributed by atoms with Crippen molar-refractivity contribution in [3.05, 3.63) is 30.1 Å². The van der Waals surface area contributed by atoms with Crippen LogP contribution in [0.3, 0.4) is 0 Å². The van der Waals surface area contributed by atoms with Gasteiger partial charge in [-0.15, -0.1) is 24.0 Å². The summed E-state index contributed by atoms with van der Waals surface area (Å²) in [4.78, 5) is 3.95. The van der Waals surface area contributed by atoms with E-state index in [1.807, 2.05) is 27.7 Å². The van der Waals surface area contributed by atoms with Crippen LogP contribution in [0, 0.1) is 5.82 Å². The summed E-state index contributed by atoms with van der Waals surface area (Å²) >= 11 is 0. The molecule has 0 saturated carbocycles. The Hall–Kier alpha value is -0.900. The topological polar surface area (TPSA) is 70.6 Å². The predicted molar refractivity (Wildman–Crippen MR) is 103 cm³/mol. The quantitative estimate of drug-likeness (QED) is 0.405. The molecule has 1 rings (SSSR count). The van der Waals surface area contributed by atoms with E-state index in [0.29, 0.717) is 12.5 Å². The molecule has 0 aliphatic rings. The van der Waals surface area contributed by atoms with Gasteiger partial charge in [0.05, 0.1) is 12.3 Å². The summed E-state index contributed by atoms with van der Waals surface area (Å²) in [5, 5.41) is 6.21. The van der Waals surface area contributed by atoms with Crippen molar-refractivity contribution in [3.8, 4) is 0 Å². The number of hydrogen-bond donors (Lipinski definition) is 2. The maximum atomic E-state index is 13.6. The summed E-state index contributed by atoms with van der Waals surface area (Å²) in [5.41, 5.74) is -0.189. The zero-order valence-corrected chi connectivity index (χ0v) is 17.0. The largest absolute Gasteiger partial charge is 0.357 e. The van der Waals surface area contributed by atoms with E-state index in [9.17, 15) is 12.8 Å². The molecule has 0 atom stereocenters. The number of nitrogens with one attached hydrogen (secondary N) is 2. The Labute approximate surface area is 155 Å². The predicted octanol–water partition coefficient (Wildman–Crippen LogP) is 2.57. The first-order valence-electron chi connectivity index (χ1n) is 7.19. The molecule has 23 heavy (non-hydrogen) atoms. The van der Waals surface area contributed by atoms with Crippen LogP contribution in [-0.2, 0) is 9.84 Å². The van der Waals surface area contributed by atoms with E-state index in [-0.39, 0.29) is 46.7 Å². The van der Waals surface area contributed by atoms with Gasteiger partial charge in [0.1, 0.15) is 10.7 Å². The molecule has 0 heterocycles. The van der Waals surface area contributed by atoms with Crippen molar-refractivity contribution in [1.29, 1.82) is 0 Å². The third kappa shape index (κ3) is 7.96. The second-order valence-corrected chi connectivity index (χ2v) is 7.96. The van der Waals surface area contributed by atoms with E-state index in [0.717, 1.165) is 6.07 Å². The third-order valence-corrected chi connectivity index (χ3v) is 4.36. The molecule has 0 unspecified atom stereocenters. The third-order valence-electron chi connectivity index (χ3n) is 2.64. The SMILES string of the molecule is CCNC(=NCCS(=O)(=O)c1ccccc1F)NC(C)(C)C.I. The molecular formula is C15H25FIN3O2S. The molecule has 0 radical (unpaired) electrons. The van der Waals surface area contributed by atoms with Crippen molar-refractivity contribution >= 4 is 39.8 Å². The second kappa shape index (κ2) is 9.41. The molecule has 0 aliphatic heterocycles. The Morgan fingerprint density at radius 3 is 2.39 bits per heavy atom. The van der Waals surface area contributed by atoms with Gasteiger partial charge in [-0.25, -0.2) is 12.8 Å². The molecule has 0 aromatic heterocycles. The average molecular weight is 457 g/mol. The summed E-state index contributed by atoms with van der Waals surface area (Å²) in [5.74, 6) is -0.431. The maximum Gasteiger partial charge on any atom is 0.191 e. The van der Waals surface area contributed by atoms with Crippen LogP contribution in [-0.4, -0.2) is 38.8 Å². The van der Waals surface area contributed by atoms with Gasteiger partial charge in [0, 0.05) is 12.1 Å². The van der Waals surface area contributed by atoms with E-state index >= 15 is 0 Å². The van der Waals surface area contributed by atoms with Crippen LogP contribution < -0.4 is 10.6 Å². The highest BCUT2D eigenvalue weighted by molar-refractivity contribution is 14.0. The molecule has 0 aliphatic carbocycles. The lowest BCUT2D eigenvalue weighted by Crippen LogP contribution is -2.47. The highest BCUT2D eigenvalue weighted by Crippen LogP contribution is 2.15. The minimum absolute atomic E-state index is 0. The number of aliphatic imine (C=N–C) groups is 1. The van der Waals surface area contributed by atoms with Gasteiger partial charge in [-0.3, -0.25) is 4.99 Å². The zero-order valence-electron chi connectivity index (χ0n) is 13.9. The Morgan fingerprint density at radius 2 is 1.87 bits per heavy atom. The van der Waals surface area contributed by atoms with Crippen LogP contribution in [0.5, 0.6) is 0 Å². The number of benzene rings is 1. The molecule has 0 saturated heterocycles. The van der Waals surface area contributed by atoms with Gasteiger partial charge in [-0.2, -0.15) is 0 Å². The fourth-order valence-electron chi connectivity index (χ4n) is 1.75. The fourth-order valence-corrected chi connectivity index (χ4v) is 2.95. The Bertz CT molecular complexity index is 628. The molecule has 132 valence electrons. The number of rotatable bonds is 5. The number of guanidine groups is 1. The fraction of sp³-hybridized carbons (Fsp3) is 0.533. The van der Waals surface area contributed by atoms with Crippen LogP contribution in [0.4, 0.5) is 4.39 Å². The van der Waals surface area contributed by atoms with Gasteiger partial charge in [0.15, 0.2) is 15.8 Å². The van der Waals surface area contributed by atoms with Crippen LogP contribution in [0.15, 0.2) is 34.2 Å². The second-order valence-electron chi connectivity index (χ2n) is 5.88. The molecule has 0 amide bonds. The van der Waals surface area contributed by atoms with Gasteiger partial charge < -0.3 is 10.6 Å². The van der Waals surface area contributed by atoms with Gasteiger partial charge in [-0.05, 0) is 39.8 Å². The van der Waals surface area contributed by atoms with Crippen LogP contribution in [0.2, 0.25) is 0 Å². The van der Waals surface area contributed by atoms with Gasteiger partial charge in [0.2, 0.25) is 0 Å².